The third-order valence-corrected chi connectivity index (χ3v) is 2.95. The quantitative estimate of drug-likeness (QED) is 0.621. The molecule has 2 aliphatic heterocycles. The molecule has 0 saturated carbocycles. The summed E-state index contributed by atoms with van der Waals surface area (Å²) in [4.78, 5) is 2.60. The minimum absolute atomic E-state index is 0.403. The fourth-order valence-electron chi connectivity index (χ4n) is 2.01. The molecule has 0 spiro atoms. The molecule has 0 amide bonds. The van der Waals surface area contributed by atoms with Gasteiger partial charge in [-0.25, -0.2) is 0 Å². The highest BCUT2D eigenvalue weighted by Crippen LogP contribution is 2.27. The maximum Gasteiger partial charge on any atom is 0.0671 e. The molecule has 2 saturated heterocycles. The van der Waals surface area contributed by atoms with Gasteiger partial charge in [-0.3, -0.25) is 4.90 Å². The summed E-state index contributed by atoms with van der Waals surface area (Å²) < 4.78 is 5.25. The average molecular weight is 185 g/mol. The van der Waals surface area contributed by atoms with Crippen molar-refractivity contribution in [3.8, 4) is 0 Å². The Hall–Kier alpha value is -0.0800. The molecule has 0 aromatic heterocycles. The van der Waals surface area contributed by atoms with Gasteiger partial charge in [0.05, 0.1) is 18.8 Å². The highest BCUT2D eigenvalue weighted by atomic mass is 16.5. The molecule has 2 heteroatoms. The van der Waals surface area contributed by atoms with E-state index in [9.17, 15) is 0 Å². The molecule has 2 heterocycles. The Kier molecular flexibility index (Phi) is 4.20. The first kappa shape index (κ1) is 11.0. The SMILES string of the molecule is CC.CC1(N2CCCCC2)COC1. The van der Waals surface area contributed by atoms with Gasteiger partial charge >= 0.3 is 0 Å². The van der Waals surface area contributed by atoms with Gasteiger partial charge in [-0.15, -0.1) is 0 Å². The molecule has 0 bridgehead atoms. The van der Waals surface area contributed by atoms with Gasteiger partial charge in [0.1, 0.15) is 0 Å². The van der Waals surface area contributed by atoms with Crippen molar-refractivity contribution in [3.05, 3.63) is 0 Å². The van der Waals surface area contributed by atoms with Crippen LogP contribution >= 0.6 is 0 Å². The maximum absolute atomic E-state index is 5.25. The van der Waals surface area contributed by atoms with Crippen molar-refractivity contribution in [1.29, 1.82) is 0 Å². The number of ether oxygens (including phenoxy) is 1. The summed E-state index contributed by atoms with van der Waals surface area (Å²) in [6.07, 6.45) is 4.19. The van der Waals surface area contributed by atoms with Gasteiger partial charge in [-0.05, 0) is 32.9 Å². The molecular weight excluding hydrogens is 162 g/mol. The summed E-state index contributed by atoms with van der Waals surface area (Å²) in [6, 6.07) is 0. The molecular formula is C11H23NO. The number of rotatable bonds is 1. The minimum Gasteiger partial charge on any atom is -0.377 e. The molecule has 2 aliphatic rings. The Morgan fingerprint density at radius 1 is 1.00 bits per heavy atom. The van der Waals surface area contributed by atoms with E-state index in [0.29, 0.717) is 5.54 Å². The first-order valence-electron chi connectivity index (χ1n) is 5.64. The summed E-state index contributed by atoms with van der Waals surface area (Å²) in [5, 5.41) is 0. The predicted molar refractivity (Wildman–Crippen MR) is 56.0 cm³/mol. The van der Waals surface area contributed by atoms with Crippen LogP contribution in [0.25, 0.3) is 0 Å². The highest BCUT2D eigenvalue weighted by Gasteiger charge is 2.39. The van der Waals surface area contributed by atoms with Crippen molar-refractivity contribution in [1.82, 2.24) is 4.90 Å². The fourth-order valence-corrected chi connectivity index (χ4v) is 2.01. The van der Waals surface area contributed by atoms with Crippen LogP contribution in [-0.4, -0.2) is 36.7 Å². The van der Waals surface area contributed by atoms with Crippen LogP contribution in [0.3, 0.4) is 0 Å². The zero-order valence-corrected chi connectivity index (χ0v) is 9.31. The molecule has 2 rings (SSSR count). The maximum atomic E-state index is 5.25. The van der Waals surface area contributed by atoms with E-state index in [-0.39, 0.29) is 0 Å². The summed E-state index contributed by atoms with van der Waals surface area (Å²) in [5.74, 6) is 0. The molecule has 78 valence electrons. The summed E-state index contributed by atoms with van der Waals surface area (Å²) >= 11 is 0. The van der Waals surface area contributed by atoms with Gasteiger partial charge in [0.25, 0.3) is 0 Å². The van der Waals surface area contributed by atoms with Crippen LogP contribution < -0.4 is 0 Å². The zero-order valence-electron chi connectivity index (χ0n) is 9.31. The van der Waals surface area contributed by atoms with Crippen LogP contribution in [-0.2, 0) is 4.74 Å². The van der Waals surface area contributed by atoms with Crippen molar-refractivity contribution >= 4 is 0 Å². The second-order valence-electron chi connectivity index (χ2n) is 4.04. The highest BCUT2D eigenvalue weighted by molar-refractivity contribution is 4.93. The van der Waals surface area contributed by atoms with E-state index in [2.05, 4.69) is 11.8 Å². The van der Waals surface area contributed by atoms with Crippen molar-refractivity contribution in [2.45, 2.75) is 45.6 Å². The average Bonchev–Trinajstić information content (AvgIpc) is 2.19. The molecule has 2 nitrogen and oxygen atoms in total. The lowest BCUT2D eigenvalue weighted by molar-refractivity contribution is -0.134. The monoisotopic (exact) mass is 185 g/mol. The van der Waals surface area contributed by atoms with Gasteiger partial charge < -0.3 is 4.74 Å². The second kappa shape index (κ2) is 4.97. The Labute approximate surface area is 82.3 Å². The standard InChI is InChI=1S/C9H17NO.C2H6/c1-9(7-11-8-9)10-5-3-2-4-6-10;1-2/h2-8H2,1H3;1-2H3. The van der Waals surface area contributed by atoms with E-state index in [4.69, 9.17) is 4.74 Å². The van der Waals surface area contributed by atoms with Crippen LogP contribution in [0.15, 0.2) is 0 Å². The number of likely N-dealkylation sites (tertiary alicyclic amines) is 1. The van der Waals surface area contributed by atoms with E-state index in [1.807, 2.05) is 13.8 Å². The number of hydrogen-bond acceptors (Lipinski definition) is 2. The lowest BCUT2D eigenvalue weighted by Crippen LogP contribution is -2.61. The Morgan fingerprint density at radius 2 is 1.54 bits per heavy atom. The van der Waals surface area contributed by atoms with E-state index < -0.39 is 0 Å². The third kappa shape index (κ3) is 2.44. The third-order valence-electron chi connectivity index (χ3n) is 2.95. The lowest BCUT2D eigenvalue weighted by atomic mass is 9.95. The minimum atomic E-state index is 0.403. The smallest absolute Gasteiger partial charge is 0.0671 e. The van der Waals surface area contributed by atoms with E-state index >= 15 is 0 Å². The molecule has 2 fully saturated rings. The van der Waals surface area contributed by atoms with E-state index in [1.165, 1.54) is 32.4 Å². The molecule has 13 heavy (non-hydrogen) atoms. The molecule has 0 radical (unpaired) electrons. The molecule has 0 aromatic rings. The molecule has 0 unspecified atom stereocenters. The number of piperidine rings is 1. The molecule has 0 aromatic carbocycles. The summed E-state index contributed by atoms with van der Waals surface area (Å²) in [7, 11) is 0. The number of nitrogens with zero attached hydrogens (tertiary/aromatic N) is 1. The van der Waals surface area contributed by atoms with E-state index in [0.717, 1.165) is 13.2 Å². The van der Waals surface area contributed by atoms with Crippen LogP contribution in [0.2, 0.25) is 0 Å². The predicted octanol–water partition coefficient (Wildman–Crippen LogP) is 2.29. The Bertz CT molecular complexity index is 137. The van der Waals surface area contributed by atoms with Crippen molar-refractivity contribution in [2.24, 2.45) is 0 Å². The van der Waals surface area contributed by atoms with Gasteiger partial charge in [0, 0.05) is 0 Å². The topological polar surface area (TPSA) is 12.5 Å². The van der Waals surface area contributed by atoms with Crippen molar-refractivity contribution < 1.29 is 4.74 Å². The van der Waals surface area contributed by atoms with Crippen LogP contribution in [0.4, 0.5) is 0 Å². The first-order valence-corrected chi connectivity index (χ1v) is 5.64. The normalized spacial score (nSPS) is 27.0. The largest absolute Gasteiger partial charge is 0.377 e. The van der Waals surface area contributed by atoms with Crippen molar-refractivity contribution in [3.63, 3.8) is 0 Å². The molecule has 0 N–H and O–H groups in total. The van der Waals surface area contributed by atoms with Gasteiger partial charge in [0.15, 0.2) is 0 Å². The van der Waals surface area contributed by atoms with Gasteiger partial charge in [-0.1, -0.05) is 20.3 Å². The Morgan fingerprint density at radius 3 is 1.92 bits per heavy atom. The van der Waals surface area contributed by atoms with Crippen LogP contribution in [0.5, 0.6) is 0 Å². The first-order chi connectivity index (χ1) is 6.31. The van der Waals surface area contributed by atoms with E-state index in [1.54, 1.807) is 0 Å². The molecule has 0 aliphatic carbocycles. The second-order valence-corrected chi connectivity index (χ2v) is 4.04. The number of hydrogen-bond donors (Lipinski definition) is 0. The van der Waals surface area contributed by atoms with Crippen LogP contribution in [0.1, 0.15) is 40.0 Å². The lowest BCUT2D eigenvalue weighted by Gasteiger charge is -2.48. The Balaban J connectivity index is 0.000000396. The fraction of sp³-hybridized carbons (Fsp3) is 1.00. The van der Waals surface area contributed by atoms with Gasteiger partial charge in [-0.2, -0.15) is 0 Å². The van der Waals surface area contributed by atoms with Gasteiger partial charge in [0.2, 0.25) is 0 Å². The van der Waals surface area contributed by atoms with Crippen molar-refractivity contribution in [2.75, 3.05) is 26.3 Å². The summed E-state index contributed by atoms with van der Waals surface area (Å²) in [5.41, 5.74) is 0.403. The molecule has 0 atom stereocenters. The zero-order chi connectivity index (χ0) is 9.73. The summed E-state index contributed by atoms with van der Waals surface area (Å²) in [6.45, 7) is 10.8. The van der Waals surface area contributed by atoms with Crippen LogP contribution in [0, 0.1) is 0 Å².